The van der Waals surface area contributed by atoms with Gasteiger partial charge in [0.15, 0.2) is 14.6 Å². The van der Waals surface area contributed by atoms with Crippen LogP contribution in [-0.2, 0) is 23.4 Å². The van der Waals surface area contributed by atoms with Crippen molar-refractivity contribution in [1.29, 1.82) is 0 Å². The molecule has 1 rings (SSSR count). The topological polar surface area (TPSA) is 86.2 Å². The van der Waals surface area contributed by atoms with Crippen LogP contribution in [-0.4, -0.2) is 70.8 Å². The molecule has 0 aromatic heterocycles. The molecule has 0 bridgehead atoms. The number of methoxy groups -OCH3 is 2. The lowest BCUT2D eigenvalue weighted by atomic mass is 9.97. The molecule has 0 spiro atoms. The maximum atomic E-state index is 11.4. The van der Waals surface area contributed by atoms with Crippen LogP contribution in [0.1, 0.15) is 6.92 Å². The molecule has 0 aliphatic carbocycles. The molecule has 8 heteroatoms. The van der Waals surface area contributed by atoms with Crippen LogP contribution in [0.4, 0.5) is 0 Å². The predicted octanol–water partition coefficient (Wildman–Crippen LogP) is 0.0898. The number of aliphatic hydroxyl groups excluding tert-OH is 1. The van der Waals surface area contributed by atoms with E-state index in [-0.39, 0.29) is 12.5 Å². The maximum absolute atomic E-state index is 11.4. The van der Waals surface area contributed by atoms with E-state index in [1.165, 1.54) is 6.92 Å². The summed E-state index contributed by atoms with van der Waals surface area (Å²) in [6, 6.07) is -0.674. The Bertz CT molecular complexity index is 348. The van der Waals surface area contributed by atoms with E-state index in [0.29, 0.717) is 0 Å². The lowest BCUT2D eigenvalue weighted by molar-refractivity contribution is -0.257. The van der Waals surface area contributed by atoms with Crippen molar-refractivity contribution in [3.63, 3.8) is 0 Å². The summed E-state index contributed by atoms with van der Waals surface area (Å²) in [6.07, 6.45) is -2.55. The largest absolute Gasteiger partial charge is 0.410 e. The zero-order valence-electron chi connectivity index (χ0n) is 13.6. The molecule has 1 heterocycles. The quantitative estimate of drug-likeness (QED) is 0.674. The Morgan fingerprint density at radius 1 is 1.29 bits per heavy atom. The summed E-state index contributed by atoms with van der Waals surface area (Å²) in [5.74, 6) is -0.258. The molecule has 1 aliphatic rings. The summed E-state index contributed by atoms with van der Waals surface area (Å²) in [6.45, 7) is 7.78. The minimum Gasteiger partial charge on any atom is -0.410 e. The zero-order chi connectivity index (χ0) is 16.2. The van der Waals surface area contributed by atoms with Gasteiger partial charge in [-0.15, -0.1) is 0 Å². The summed E-state index contributed by atoms with van der Waals surface area (Å²) in [5, 5.41) is 12.9. The third-order valence-corrected chi connectivity index (χ3v) is 4.11. The van der Waals surface area contributed by atoms with Crippen molar-refractivity contribution in [3.05, 3.63) is 0 Å². The molecule has 124 valence electrons. The summed E-state index contributed by atoms with van der Waals surface area (Å²) in [7, 11) is 1.19. The Morgan fingerprint density at radius 3 is 2.33 bits per heavy atom. The molecular weight excluding hydrogens is 294 g/mol. The number of rotatable bonds is 6. The maximum Gasteiger partial charge on any atom is 0.217 e. The van der Waals surface area contributed by atoms with E-state index in [4.69, 9.17) is 18.6 Å². The summed E-state index contributed by atoms with van der Waals surface area (Å²) in [5.41, 5.74) is 0. The predicted molar refractivity (Wildman–Crippen MR) is 79.4 cm³/mol. The highest BCUT2D eigenvalue weighted by atomic mass is 28.4. The molecule has 0 radical (unpaired) electrons. The monoisotopic (exact) mass is 321 g/mol. The normalized spacial score (nSPS) is 33.8. The second kappa shape index (κ2) is 7.66. The van der Waals surface area contributed by atoms with Crippen molar-refractivity contribution >= 4 is 14.2 Å². The second-order valence-electron chi connectivity index (χ2n) is 6.14. The first-order valence-electron chi connectivity index (χ1n) is 6.99. The minimum atomic E-state index is -1.92. The van der Waals surface area contributed by atoms with Gasteiger partial charge in [0.05, 0.1) is 12.7 Å². The lowest BCUT2D eigenvalue weighted by Gasteiger charge is -2.46. The van der Waals surface area contributed by atoms with Crippen molar-refractivity contribution in [2.75, 3.05) is 20.8 Å². The van der Waals surface area contributed by atoms with Crippen molar-refractivity contribution < 1.29 is 28.5 Å². The number of hydrogen-bond donors (Lipinski definition) is 2. The van der Waals surface area contributed by atoms with Gasteiger partial charge in [0, 0.05) is 21.1 Å². The van der Waals surface area contributed by atoms with Crippen LogP contribution < -0.4 is 5.32 Å². The number of hydrogen-bond acceptors (Lipinski definition) is 6. The standard InChI is InChI=1S/C13H27NO6Si/c1-8(15)14-10-12(20-21(4,5)6)11(18-3)9(7-17-2)19-13(10)16/h9-13,16H,7H2,1-6H3,(H,14,15). The van der Waals surface area contributed by atoms with E-state index in [1.807, 2.05) is 19.6 Å². The first kappa shape index (κ1) is 18.5. The van der Waals surface area contributed by atoms with Gasteiger partial charge >= 0.3 is 0 Å². The minimum absolute atomic E-state index is 0.258. The van der Waals surface area contributed by atoms with Gasteiger partial charge in [0.25, 0.3) is 0 Å². The van der Waals surface area contributed by atoms with Crippen molar-refractivity contribution in [1.82, 2.24) is 5.32 Å². The lowest BCUT2D eigenvalue weighted by Crippen LogP contribution is -2.66. The van der Waals surface area contributed by atoms with Gasteiger partial charge in [0.2, 0.25) is 5.91 Å². The Labute approximate surface area is 127 Å². The van der Waals surface area contributed by atoms with Crippen LogP contribution >= 0.6 is 0 Å². The number of aliphatic hydroxyl groups is 1. The van der Waals surface area contributed by atoms with Crippen LogP contribution in [0.2, 0.25) is 19.6 Å². The highest BCUT2D eigenvalue weighted by Gasteiger charge is 2.48. The molecule has 0 aromatic carbocycles. The molecule has 7 nitrogen and oxygen atoms in total. The van der Waals surface area contributed by atoms with E-state index >= 15 is 0 Å². The Balaban J connectivity index is 3.02. The van der Waals surface area contributed by atoms with Gasteiger partial charge in [-0.25, -0.2) is 0 Å². The van der Waals surface area contributed by atoms with Gasteiger partial charge in [-0.2, -0.15) is 0 Å². The molecule has 1 aliphatic heterocycles. The van der Waals surface area contributed by atoms with Crippen molar-refractivity contribution in [3.8, 4) is 0 Å². The fraction of sp³-hybridized carbons (Fsp3) is 0.923. The molecule has 1 amide bonds. The molecule has 5 unspecified atom stereocenters. The van der Waals surface area contributed by atoms with E-state index in [2.05, 4.69) is 5.32 Å². The van der Waals surface area contributed by atoms with Crippen molar-refractivity contribution in [2.24, 2.45) is 0 Å². The van der Waals surface area contributed by atoms with E-state index in [0.717, 1.165) is 0 Å². The second-order valence-corrected chi connectivity index (χ2v) is 10.6. The molecule has 5 atom stereocenters. The number of nitrogens with one attached hydrogen (secondary N) is 1. The first-order valence-corrected chi connectivity index (χ1v) is 10.4. The van der Waals surface area contributed by atoms with E-state index in [1.54, 1.807) is 14.2 Å². The van der Waals surface area contributed by atoms with Crippen LogP contribution in [0.15, 0.2) is 0 Å². The van der Waals surface area contributed by atoms with Crippen LogP contribution in [0.3, 0.4) is 0 Å². The first-order chi connectivity index (χ1) is 9.69. The Kier molecular flexibility index (Phi) is 6.76. The smallest absolute Gasteiger partial charge is 0.217 e. The van der Waals surface area contributed by atoms with Gasteiger partial charge in [-0.05, 0) is 19.6 Å². The molecule has 21 heavy (non-hydrogen) atoms. The van der Waals surface area contributed by atoms with Gasteiger partial charge < -0.3 is 29.1 Å². The fourth-order valence-electron chi connectivity index (χ4n) is 2.44. The third kappa shape index (κ3) is 5.31. The van der Waals surface area contributed by atoms with Gasteiger partial charge in [-0.3, -0.25) is 4.79 Å². The molecule has 1 fully saturated rings. The average molecular weight is 321 g/mol. The molecule has 0 aromatic rings. The number of carbonyl (C=O) groups excluding carboxylic acids is 1. The van der Waals surface area contributed by atoms with Crippen LogP contribution in [0, 0.1) is 0 Å². The highest BCUT2D eigenvalue weighted by Crippen LogP contribution is 2.27. The molecule has 1 saturated heterocycles. The van der Waals surface area contributed by atoms with Gasteiger partial charge in [0.1, 0.15) is 18.2 Å². The average Bonchev–Trinajstić information content (AvgIpc) is 2.32. The molecular formula is C13H27NO6Si. The number of amides is 1. The van der Waals surface area contributed by atoms with E-state index in [9.17, 15) is 9.90 Å². The molecule has 2 N–H and O–H groups in total. The zero-order valence-corrected chi connectivity index (χ0v) is 14.6. The summed E-state index contributed by atoms with van der Waals surface area (Å²) >= 11 is 0. The number of carbonyl (C=O) groups is 1. The number of ether oxygens (including phenoxy) is 3. The van der Waals surface area contributed by atoms with Gasteiger partial charge in [-0.1, -0.05) is 0 Å². The SMILES string of the molecule is COCC1OC(O)C(NC(C)=O)C(O[Si](C)(C)C)C1OC. The Morgan fingerprint density at radius 2 is 1.90 bits per heavy atom. The van der Waals surface area contributed by atoms with E-state index < -0.39 is 39.0 Å². The van der Waals surface area contributed by atoms with Crippen molar-refractivity contribution in [2.45, 2.75) is 57.2 Å². The Hall–Kier alpha value is -0.513. The fourth-order valence-corrected chi connectivity index (χ4v) is 3.54. The summed E-state index contributed by atoms with van der Waals surface area (Å²) < 4.78 is 22.3. The summed E-state index contributed by atoms with van der Waals surface area (Å²) in [4.78, 5) is 11.4. The highest BCUT2D eigenvalue weighted by molar-refractivity contribution is 6.69. The van der Waals surface area contributed by atoms with Crippen LogP contribution in [0.5, 0.6) is 0 Å². The third-order valence-electron chi connectivity index (χ3n) is 3.13. The van der Waals surface area contributed by atoms with Crippen LogP contribution in [0.25, 0.3) is 0 Å². The molecule has 0 saturated carbocycles.